The number of nitriles is 1. The molecule has 2 aromatic carbocycles. The van der Waals surface area contributed by atoms with Gasteiger partial charge in [-0.2, -0.15) is 5.26 Å². The van der Waals surface area contributed by atoms with Crippen molar-refractivity contribution in [3.05, 3.63) is 88.1 Å². The van der Waals surface area contributed by atoms with Crippen LogP contribution in [-0.4, -0.2) is 17.9 Å². The number of benzene rings is 2. The minimum Gasteiger partial charge on any atom is -0.339 e. The normalized spacial score (nSPS) is 11.2. The van der Waals surface area contributed by atoms with Crippen molar-refractivity contribution in [1.82, 2.24) is 5.32 Å². The third kappa shape index (κ3) is 5.29. The van der Waals surface area contributed by atoms with Gasteiger partial charge in [0.25, 0.3) is 5.91 Å². The fraction of sp³-hybridized carbons (Fsp3) is 0.136. The summed E-state index contributed by atoms with van der Waals surface area (Å²) in [4.78, 5) is 25.9. The minimum absolute atomic E-state index is 0.268. The predicted molar refractivity (Wildman–Crippen MR) is 110 cm³/mol. The first kappa shape index (κ1) is 19.3. The fourth-order valence-corrected chi connectivity index (χ4v) is 3.35. The third-order valence-corrected chi connectivity index (χ3v) is 5.02. The van der Waals surface area contributed by atoms with Gasteiger partial charge in [-0.1, -0.05) is 48.5 Å². The number of hydrogen-bond donors (Lipinski definition) is 2. The molecule has 2 N–H and O–H groups in total. The van der Waals surface area contributed by atoms with E-state index < -0.39 is 6.04 Å². The molecule has 0 spiro atoms. The van der Waals surface area contributed by atoms with Crippen LogP contribution >= 0.6 is 11.3 Å². The van der Waals surface area contributed by atoms with E-state index in [1.54, 1.807) is 36.4 Å². The zero-order valence-corrected chi connectivity index (χ0v) is 15.9. The lowest BCUT2D eigenvalue weighted by atomic mass is 10.0. The summed E-state index contributed by atoms with van der Waals surface area (Å²) in [5.74, 6) is -0.558. The lowest BCUT2D eigenvalue weighted by Crippen LogP contribution is -2.45. The van der Waals surface area contributed by atoms with Gasteiger partial charge < -0.3 is 10.6 Å². The summed E-state index contributed by atoms with van der Waals surface area (Å²) in [5.41, 5.74) is 2.46. The number of hydrogen-bond acceptors (Lipinski definition) is 4. The van der Waals surface area contributed by atoms with Crippen molar-refractivity contribution < 1.29 is 9.59 Å². The van der Waals surface area contributed by atoms with Crippen LogP contribution in [-0.2, 0) is 17.6 Å². The number of anilines is 1. The summed E-state index contributed by atoms with van der Waals surface area (Å²) in [6.45, 7) is 0. The lowest BCUT2D eigenvalue weighted by Gasteiger charge is -2.18. The second-order valence-corrected chi connectivity index (χ2v) is 7.16. The van der Waals surface area contributed by atoms with Crippen LogP contribution in [0.4, 0.5) is 5.69 Å². The highest BCUT2D eigenvalue weighted by Crippen LogP contribution is 2.13. The Labute approximate surface area is 167 Å². The summed E-state index contributed by atoms with van der Waals surface area (Å²) in [6.07, 6.45) is 0.706. The Hall–Kier alpha value is -3.43. The number of carbonyl (C=O) groups is 2. The Morgan fingerprint density at radius 1 is 0.964 bits per heavy atom. The SMILES string of the molecule is N#CCc1ccc(NC(=O)C(Cc2ccccc2)NC(=O)c2cccs2)cc1. The Bertz CT molecular complexity index is 961. The first-order chi connectivity index (χ1) is 13.7. The average Bonchev–Trinajstić information content (AvgIpc) is 3.25. The highest BCUT2D eigenvalue weighted by atomic mass is 32.1. The standard InChI is InChI=1S/C22H19N3O2S/c23-13-12-16-8-10-18(11-9-16)24-21(26)19(15-17-5-2-1-3-6-17)25-22(27)20-7-4-14-28-20/h1-11,14,19H,12,15H2,(H,24,26)(H,25,27). The summed E-state index contributed by atoms with van der Waals surface area (Å²) >= 11 is 1.33. The highest BCUT2D eigenvalue weighted by molar-refractivity contribution is 7.12. The van der Waals surface area contributed by atoms with Gasteiger partial charge in [0.05, 0.1) is 17.4 Å². The van der Waals surface area contributed by atoms with Gasteiger partial charge in [-0.25, -0.2) is 0 Å². The van der Waals surface area contributed by atoms with Crippen molar-refractivity contribution >= 4 is 28.8 Å². The molecule has 1 aromatic heterocycles. The Morgan fingerprint density at radius 2 is 1.71 bits per heavy atom. The smallest absolute Gasteiger partial charge is 0.262 e. The molecule has 1 heterocycles. The van der Waals surface area contributed by atoms with Crippen LogP contribution in [0.2, 0.25) is 0 Å². The number of rotatable bonds is 7. The van der Waals surface area contributed by atoms with Crippen molar-refractivity contribution in [2.75, 3.05) is 5.32 Å². The Kier molecular flexibility index (Phi) is 6.55. The van der Waals surface area contributed by atoms with E-state index in [0.717, 1.165) is 11.1 Å². The van der Waals surface area contributed by atoms with Gasteiger partial charge in [0, 0.05) is 12.1 Å². The molecule has 0 fully saturated rings. The molecular weight excluding hydrogens is 370 g/mol. The number of thiophene rings is 1. The van der Waals surface area contributed by atoms with E-state index in [2.05, 4.69) is 16.7 Å². The van der Waals surface area contributed by atoms with Gasteiger partial charge in [-0.15, -0.1) is 11.3 Å². The molecule has 0 aliphatic carbocycles. The molecule has 28 heavy (non-hydrogen) atoms. The zero-order valence-electron chi connectivity index (χ0n) is 15.1. The summed E-state index contributed by atoms with van der Waals surface area (Å²) < 4.78 is 0. The molecule has 1 unspecified atom stereocenters. The van der Waals surface area contributed by atoms with Crippen LogP contribution in [0, 0.1) is 11.3 Å². The van der Waals surface area contributed by atoms with Crippen LogP contribution in [0.1, 0.15) is 20.8 Å². The molecule has 0 radical (unpaired) electrons. The van der Waals surface area contributed by atoms with Gasteiger partial charge in [-0.3, -0.25) is 9.59 Å². The molecular formula is C22H19N3O2S. The van der Waals surface area contributed by atoms with Gasteiger partial charge in [0.1, 0.15) is 6.04 Å². The van der Waals surface area contributed by atoms with Gasteiger partial charge in [0.15, 0.2) is 0 Å². The van der Waals surface area contributed by atoms with Crippen LogP contribution in [0.5, 0.6) is 0 Å². The van der Waals surface area contributed by atoms with E-state index in [-0.39, 0.29) is 11.8 Å². The maximum Gasteiger partial charge on any atom is 0.262 e. The van der Waals surface area contributed by atoms with E-state index in [1.807, 2.05) is 35.7 Å². The predicted octanol–water partition coefficient (Wildman–Crippen LogP) is 3.79. The number of carbonyl (C=O) groups excluding carboxylic acids is 2. The topological polar surface area (TPSA) is 82.0 Å². The summed E-state index contributed by atoms with van der Waals surface area (Å²) in [6, 6.07) is 21.6. The van der Waals surface area contributed by atoms with Crippen molar-refractivity contribution in [1.29, 1.82) is 5.26 Å². The fourth-order valence-electron chi connectivity index (χ4n) is 2.72. The molecule has 6 heteroatoms. The molecule has 0 bridgehead atoms. The quantitative estimate of drug-likeness (QED) is 0.645. The molecule has 0 aliphatic heterocycles. The molecule has 0 saturated carbocycles. The summed E-state index contributed by atoms with van der Waals surface area (Å²) in [5, 5.41) is 16.3. The van der Waals surface area contributed by atoms with Crippen LogP contribution in [0.3, 0.4) is 0 Å². The molecule has 5 nitrogen and oxygen atoms in total. The number of nitrogens with one attached hydrogen (secondary N) is 2. The van der Waals surface area contributed by atoms with Crippen molar-refractivity contribution in [2.24, 2.45) is 0 Å². The van der Waals surface area contributed by atoms with E-state index in [9.17, 15) is 9.59 Å². The first-order valence-corrected chi connectivity index (χ1v) is 9.68. The Morgan fingerprint density at radius 3 is 2.36 bits per heavy atom. The molecule has 2 amide bonds. The first-order valence-electron chi connectivity index (χ1n) is 8.81. The highest BCUT2D eigenvalue weighted by Gasteiger charge is 2.22. The molecule has 1 atom stereocenters. The molecule has 3 aromatic rings. The second-order valence-electron chi connectivity index (χ2n) is 6.21. The van der Waals surface area contributed by atoms with Gasteiger partial charge in [-0.05, 0) is 34.7 Å². The minimum atomic E-state index is -0.712. The molecule has 3 rings (SSSR count). The molecule has 0 saturated heterocycles. The van der Waals surface area contributed by atoms with Gasteiger partial charge >= 0.3 is 0 Å². The van der Waals surface area contributed by atoms with E-state index >= 15 is 0 Å². The largest absolute Gasteiger partial charge is 0.339 e. The zero-order chi connectivity index (χ0) is 19.8. The third-order valence-electron chi connectivity index (χ3n) is 4.15. The van der Waals surface area contributed by atoms with Crippen molar-refractivity contribution in [3.8, 4) is 6.07 Å². The second kappa shape index (κ2) is 9.49. The van der Waals surface area contributed by atoms with Crippen LogP contribution in [0.25, 0.3) is 0 Å². The maximum absolute atomic E-state index is 12.9. The van der Waals surface area contributed by atoms with Crippen LogP contribution < -0.4 is 10.6 Å². The van der Waals surface area contributed by atoms with E-state index in [4.69, 9.17) is 5.26 Å². The molecule has 140 valence electrons. The van der Waals surface area contributed by atoms with Crippen LogP contribution in [0.15, 0.2) is 72.1 Å². The maximum atomic E-state index is 12.9. The monoisotopic (exact) mass is 389 g/mol. The number of amides is 2. The number of nitrogens with zero attached hydrogens (tertiary/aromatic N) is 1. The lowest BCUT2D eigenvalue weighted by molar-refractivity contribution is -0.118. The van der Waals surface area contributed by atoms with Crippen molar-refractivity contribution in [3.63, 3.8) is 0 Å². The van der Waals surface area contributed by atoms with E-state index in [1.165, 1.54) is 11.3 Å². The van der Waals surface area contributed by atoms with E-state index in [0.29, 0.717) is 23.4 Å². The molecule has 0 aliphatic rings. The van der Waals surface area contributed by atoms with Crippen molar-refractivity contribution in [2.45, 2.75) is 18.9 Å². The van der Waals surface area contributed by atoms with Gasteiger partial charge in [0.2, 0.25) is 5.91 Å². The average molecular weight is 389 g/mol. The summed E-state index contributed by atoms with van der Waals surface area (Å²) in [7, 11) is 0. The Balaban J connectivity index is 1.73.